The highest BCUT2D eigenvalue weighted by Gasteiger charge is 2.15. The number of carbonyl (C=O) groups excluding carboxylic acids is 1. The number of carbonyl (C=O) groups is 1. The van der Waals surface area contributed by atoms with Gasteiger partial charge in [-0.2, -0.15) is 0 Å². The number of azide groups is 1. The molecule has 0 saturated carbocycles. The normalized spacial score (nSPS) is 9.85. The molecule has 0 fully saturated rings. The van der Waals surface area contributed by atoms with Gasteiger partial charge in [-0.15, -0.1) is 0 Å². The van der Waals surface area contributed by atoms with Crippen LogP contribution in [0, 0.1) is 0 Å². The van der Waals surface area contributed by atoms with Crippen molar-refractivity contribution >= 4 is 17.3 Å². The molecule has 1 aromatic heterocycles. The monoisotopic (exact) mass is 347 g/mol. The van der Waals surface area contributed by atoms with E-state index in [0.717, 1.165) is 0 Å². The summed E-state index contributed by atoms with van der Waals surface area (Å²) in [6, 6.07) is 17.3. The number of amides is 1. The Balaban J connectivity index is 1.72. The van der Waals surface area contributed by atoms with E-state index in [2.05, 4.69) is 20.3 Å². The van der Waals surface area contributed by atoms with Crippen LogP contribution in [0.3, 0.4) is 0 Å². The largest absolute Gasteiger partial charge is 0.505 e. The average molecular weight is 347 g/mol. The van der Waals surface area contributed by atoms with E-state index < -0.39 is 11.7 Å². The quantitative estimate of drug-likeness (QED) is 0.392. The van der Waals surface area contributed by atoms with E-state index in [0.29, 0.717) is 17.2 Å². The number of hydrogen-bond acceptors (Lipinski definition) is 5. The maximum absolute atomic E-state index is 12.3. The van der Waals surface area contributed by atoms with E-state index in [9.17, 15) is 9.90 Å². The summed E-state index contributed by atoms with van der Waals surface area (Å²) < 4.78 is 5.67. The fourth-order valence-electron chi connectivity index (χ4n) is 2.16. The van der Waals surface area contributed by atoms with Crippen LogP contribution in [0.15, 0.2) is 72.0 Å². The fourth-order valence-corrected chi connectivity index (χ4v) is 2.16. The predicted molar refractivity (Wildman–Crippen MR) is 95.6 cm³/mol. The molecule has 0 radical (unpaired) electrons. The first-order valence-corrected chi connectivity index (χ1v) is 7.55. The number of ether oxygens (including phenoxy) is 1. The zero-order chi connectivity index (χ0) is 18.4. The van der Waals surface area contributed by atoms with Crippen molar-refractivity contribution in [3.05, 3.63) is 83.0 Å². The first-order chi connectivity index (χ1) is 12.7. The number of benzene rings is 2. The molecule has 2 aromatic carbocycles. The highest BCUT2D eigenvalue weighted by Crippen LogP contribution is 2.29. The van der Waals surface area contributed by atoms with Gasteiger partial charge >= 0.3 is 0 Å². The number of aromatic nitrogens is 1. The summed E-state index contributed by atoms with van der Waals surface area (Å²) in [5, 5.41) is 15.9. The first-order valence-electron chi connectivity index (χ1n) is 7.55. The second-order valence-corrected chi connectivity index (χ2v) is 5.11. The number of aromatic hydroxyl groups is 1. The molecule has 128 valence electrons. The van der Waals surface area contributed by atoms with Crippen LogP contribution in [0.5, 0.6) is 17.2 Å². The van der Waals surface area contributed by atoms with Gasteiger partial charge in [0.25, 0.3) is 5.91 Å². The van der Waals surface area contributed by atoms with Gasteiger partial charge in [-0.3, -0.25) is 4.79 Å². The minimum Gasteiger partial charge on any atom is -0.505 e. The number of pyridine rings is 1. The Morgan fingerprint density at radius 3 is 2.46 bits per heavy atom. The standard InChI is InChI=1S/C18H13N5O3/c19-23-22-15-10-11-20-16(17(15)24)18(25)21-12-6-8-14(9-7-12)26-13-4-2-1-3-5-13/h1-11,24H,(H,21,25). The number of nitrogens with zero attached hydrogens (tertiary/aromatic N) is 4. The SMILES string of the molecule is [N-]=[N+]=Nc1ccnc(C(=O)Nc2ccc(Oc3ccccc3)cc2)c1O. The lowest BCUT2D eigenvalue weighted by molar-refractivity contribution is 0.101. The van der Waals surface area contributed by atoms with Crippen LogP contribution in [0.4, 0.5) is 11.4 Å². The van der Waals surface area contributed by atoms with E-state index in [-0.39, 0.29) is 11.4 Å². The summed E-state index contributed by atoms with van der Waals surface area (Å²) in [7, 11) is 0. The summed E-state index contributed by atoms with van der Waals surface area (Å²) in [5.74, 6) is 0.204. The van der Waals surface area contributed by atoms with E-state index in [1.165, 1.54) is 12.3 Å². The van der Waals surface area contributed by atoms with Gasteiger partial charge < -0.3 is 15.2 Å². The van der Waals surface area contributed by atoms with Crippen LogP contribution in [0.25, 0.3) is 10.4 Å². The van der Waals surface area contributed by atoms with Crippen LogP contribution in [-0.4, -0.2) is 16.0 Å². The van der Waals surface area contributed by atoms with E-state index in [4.69, 9.17) is 10.3 Å². The molecule has 0 aliphatic heterocycles. The maximum atomic E-state index is 12.3. The molecule has 1 amide bonds. The van der Waals surface area contributed by atoms with Crippen molar-refractivity contribution in [2.24, 2.45) is 5.11 Å². The van der Waals surface area contributed by atoms with Gasteiger partial charge in [0.05, 0.1) is 5.69 Å². The third-order valence-electron chi connectivity index (χ3n) is 3.36. The highest BCUT2D eigenvalue weighted by molar-refractivity contribution is 6.05. The molecule has 0 atom stereocenters. The molecule has 0 spiro atoms. The number of hydrogen-bond donors (Lipinski definition) is 2. The lowest BCUT2D eigenvalue weighted by atomic mass is 10.2. The molecule has 0 bridgehead atoms. The first kappa shape index (κ1) is 16.8. The van der Waals surface area contributed by atoms with E-state index in [1.54, 1.807) is 24.3 Å². The van der Waals surface area contributed by atoms with Gasteiger partial charge in [0, 0.05) is 16.8 Å². The molecule has 3 rings (SSSR count). The van der Waals surface area contributed by atoms with Crippen molar-refractivity contribution in [3.63, 3.8) is 0 Å². The van der Waals surface area contributed by atoms with Crippen molar-refractivity contribution in [2.45, 2.75) is 0 Å². The molecule has 2 N–H and O–H groups in total. The van der Waals surface area contributed by atoms with Gasteiger partial charge in [0.1, 0.15) is 11.5 Å². The minimum absolute atomic E-state index is 0.0701. The summed E-state index contributed by atoms with van der Waals surface area (Å²) in [4.78, 5) is 18.7. The topological polar surface area (TPSA) is 120 Å². The van der Waals surface area contributed by atoms with Gasteiger partial charge in [0.2, 0.25) is 0 Å². The number of nitrogens with one attached hydrogen (secondary N) is 1. The molecule has 26 heavy (non-hydrogen) atoms. The van der Waals surface area contributed by atoms with Crippen LogP contribution < -0.4 is 10.1 Å². The Labute approximate surface area is 148 Å². The maximum Gasteiger partial charge on any atom is 0.278 e. The lowest BCUT2D eigenvalue weighted by Crippen LogP contribution is -2.13. The van der Waals surface area contributed by atoms with Crippen molar-refractivity contribution in [1.29, 1.82) is 0 Å². The van der Waals surface area contributed by atoms with Gasteiger partial charge in [-0.25, -0.2) is 4.98 Å². The van der Waals surface area contributed by atoms with Crippen molar-refractivity contribution in [1.82, 2.24) is 4.98 Å². The Morgan fingerprint density at radius 1 is 1.08 bits per heavy atom. The van der Waals surface area contributed by atoms with Crippen LogP contribution in [-0.2, 0) is 0 Å². The Bertz CT molecular complexity index is 968. The fraction of sp³-hybridized carbons (Fsp3) is 0. The second-order valence-electron chi connectivity index (χ2n) is 5.11. The number of para-hydroxylation sites is 1. The highest BCUT2D eigenvalue weighted by atomic mass is 16.5. The van der Waals surface area contributed by atoms with Crippen molar-refractivity contribution in [3.8, 4) is 17.2 Å². The smallest absolute Gasteiger partial charge is 0.278 e. The molecular formula is C18H13N5O3. The summed E-state index contributed by atoms with van der Waals surface area (Å²) >= 11 is 0. The number of rotatable bonds is 5. The third kappa shape index (κ3) is 3.89. The lowest BCUT2D eigenvalue weighted by Gasteiger charge is -2.09. The van der Waals surface area contributed by atoms with Crippen LogP contribution in [0.2, 0.25) is 0 Å². The number of anilines is 1. The van der Waals surface area contributed by atoms with Gasteiger partial charge in [-0.05, 0) is 48.0 Å². The molecule has 3 aromatic rings. The zero-order valence-corrected chi connectivity index (χ0v) is 13.4. The van der Waals surface area contributed by atoms with Gasteiger partial charge in [0.15, 0.2) is 11.4 Å². The van der Waals surface area contributed by atoms with Gasteiger partial charge in [-0.1, -0.05) is 23.3 Å². The molecule has 0 aliphatic rings. The zero-order valence-electron chi connectivity index (χ0n) is 13.4. The second kappa shape index (κ2) is 7.69. The average Bonchev–Trinajstić information content (AvgIpc) is 2.66. The van der Waals surface area contributed by atoms with Crippen molar-refractivity contribution in [2.75, 3.05) is 5.32 Å². The molecule has 0 aliphatic carbocycles. The summed E-state index contributed by atoms with van der Waals surface area (Å²) in [6.07, 6.45) is 1.27. The minimum atomic E-state index is -0.630. The molecule has 8 nitrogen and oxygen atoms in total. The molecule has 8 heteroatoms. The van der Waals surface area contributed by atoms with E-state index in [1.807, 2.05) is 30.3 Å². The molecule has 1 heterocycles. The van der Waals surface area contributed by atoms with E-state index >= 15 is 0 Å². The Kier molecular flexibility index (Phi) is 4.98. The van der Waals surface area contributed by atoms with Crippen LogP contribution >= 0.6 is 0 Å². The molecule has 0 saturated heterocycles. The summed E-state index contributed by atoms with van der Waals surface area (Å²) in [6.45, 7) is 0. The summed E-state index contributed by atoms with van der Waals surface area (Å²) in [5.41, 5.74) is 8.64. The third-order valence-corrected chi connectivity index (χ3v) is 3.36. The predicted octanol–water partition coefficient (Wildman–Crippen LogP) is 4.77. The van der Waals surface area contributed by atoms with Crippen molar-refractivity contribution < 1.29 is 14.6 Å². The van der Waals surface area contributed by atoms with Crippen LogP contribution in [0.1, 0.15) is 10.5 Å². The molecule has 0 unspecified atom stereocenters. The molecular weight excluding hydrogens is 334 g/mol. The Morgan fingerprint density at radius 2 is 1.77 bits per heavy atom. The Hall–Kier alpha value is -4.03.